The molecule has 3 nitrogen and oxygen atoms in total. The van der Waals surface area contributed by atoms with Crippen molar-refractivity contribution >= 4 is 16.8 Å². The first-order chi connectivity index (χ1) is 10.1. The van der Waals surface area contributed by atoms with Gasteiger partial charge in [-0.05, 0) is 26.0 Å². The summed E-state index contributed by atoms with van der Waals surface area (Å²) in [4.78, 5) is 24.9. The Morgan fingerprint density at radius 1 is 0.952 bits per heavy atom. The third kappa shape index (κ3) is 2.38. The van der Waals surface area contributed by atoms with Crippen LogP contribution >= 0.6 is 0 Å². The number of hydrogen-bond acceptors (Lipinski definition) is 3. The summed E-state index contributed by atoms with van der Waals surface area (Å²) in [6.07, 6.45) is 1.25. The van der Waals surface area contributed by atoms with Crippen LogP contribution < -0.4 is 5.43 Å². The van der Waals surface area contributed by atoms with Gasteiger partial charge in [0.15, 0.2) is 5.78 Å². The van der Waals surface area contributed by atoms with Gasteiger partial charge in [-0.25, -0.2) is 0 Å². The second-order valence-corrected chi connectivity index (χ2v) is 5.17. The third-order valence-electron chi connectivity index (χ3n) is 3.49. The van der Waals surface area contributed by atoms with Gasteiger partial charge in [-0.2, -0.15) is 0 Å². The van der Waals surface area contributed by atoms with Gasteiger partial charge in [0.1, 0.15) is 17.4 Å². The van der Waals surface area contributed by atoms with E-state index in [-0.39, 0.29) is 16.8 Å². The zero-order valence-electron chi connectivity index (χ0n) is 11.8. The largest absolute Gasteiger partial charge is 0.463 e. The summed E-state index contributed by atoms with van der Waals surface area (Å²) in [5, 5.41) is 0.438. The van der Waals surface area contributed by atoms with E-state index in [2.05, 4.69) is 0 Å². The zero-order chi connectivity index (χ0) is 15.0. The Labute approximate surface area is 121 Å². The molecule has 3 rings (SSSR count). The van der Waals surface area contributed by atoms with Crippen molar-refractivity contribution in [2.45, 2.75) is 13.8 Å². The van der Waals surface area contributed by atoms with Crippen molar-refractivity contribution in [1.29, 1.82) is 0 Å². The van der Waals surface area contributed by atoms with E-state index in [9.17, 15) is 9.59 Å². The number of rotatable bonds is 2. The molecular weight excluding hydrogens is 264 g/mol. The van der Waals surface area contributed by atoms with Gasteiger partial charge in [0, 0.05) is 5.56 Å². The van der Waals surface area contributed by atoms with Crippen LogP contribution in [0.1, 0.15) is 27.0 Å². The highest BCUT2D eigenvalue weighted by Gasteiger charge is 2.16. The number of fused-ring (bicyclic) bond motifs is 1. The van der Waals surface area contributed by atoms with Crippen LogP contribution in [0, 0.1) is 13.8 Å². The molecule has 0 aliphatic heterocycles. The van der Waals surface area contributed by atoms with E-state index >= 15 is 0 Å². The first kappa shape index (κ1) is 13.3. The summed E-state index contributed by atoms with van der Waals surface area (Å²) in [5.74, 6) is -0.313. The van der Waals surface area contributed by atoms with Gasteiger partial charge in [-0.1, -0.05) is 41.5 Å². The number of benzene rings is 2. The fraction of sp³-hybridized carbons (Fsp3) is 0.111. The van der Waals surface area contributed by atoms with Crippen molar-refractivity contribution in [3.8, 4) is 0 Å². The minimum Gasteiger partial charge on any atom is -0.463 e. The normalized spacial score (nSPS) is 10.8. The van der Waals surface area contributed by atoms with Crippen molar-refractivity contribution in [1.82, 2.24) is 0 Å². The highest BCUT2D eigenvalue weighted by molar-refractivity contribution is 6.09. The van der Waals surface area contributed by atoms with E-state index in [0.717, 1.165) is 11.1 Å². The lowest BCUT2D eigenvalue weighted by atomic mass is 10.0. The predicted molar refractivity (Wildman–Crippen MR) is 81.8 cm³/mol. The summed E-state index contributed by atoms with van der Waals surface area (Å²) < 4.78 is 5.42. The van der Waals surface area contributed by atoms with Crippen LogP contribution in [0.5, 0.6) is 0 Å². The van der Waals surface area contributed by atoms with Gasteiger partial charge in [0.25, 0.3) is 0 Å². The van der Waals surface area contributed by atoms with Crippen LogP contribution in [0.4, 0.5) is 0 Å². The Hall–Kier alpha value is -2.68. The van der Waals surface area contributed by atoms with Gasteiger partial charge >= 0.3 is 0 Å². The molecule has 21 heavy (non-hydrogen) atoms. The van der Waals surface area contributed by atoms with Crippen LogP contribution in [0.3, 0.4) is 0 Å². The lowest BCUT2D eigenvalue weighted by Gasteiger charge is -2.03. The summed E-state index contributed by atoms with van der Waals surface area (Å²) in [7, 11) is 0. The molecule has 0 radical (unpaired) electrons. The van der Waals surface area contributed by atoms with Gasteiger partial charge in [0.05, 0.1) is 5.39 Å². The van der Waals surface area contributed by atoms with Crippen LogP contribution in [0.25, 0.3) is 11.0 Å². The maximum Gasteiger partial charge on any atom is 0.203 e. The highest BCUT2D eigenvalue weighted by Crippen LogP contribution is 2.15. The molecular formula is C18H14O3. The molecule has 1 aromatic heterocycles. The van der Waals surface area contributed by atoms with E-state index in [1.807, 2.05) is 32.0 Å². The van der Waals surface area contributed by atoms with Crippen molar-refractivity contribution in [3.05, 3.63) is 81.2 Å². The minimum absolute atomic E-state index is 0.0666. The van der Waals surface area contributed by atoms with Crippen molar-refractivity contribution in [2.75, 3.05) is 0 Å². The molecule has 0 saturated heterocycles. The van der Waals surface area contributed by atoms with Crippen LogP contribution in [-0.2, 0) is 0 Å². The topological polar surface area (TPSA) is 47.3 Å². The van der Waals surface area contributed by atoms with E-state index in [1.165, 1.54) is 6.26 Å². The van der Waals surface area contributed by atoms with Crippen LogP contribution in [0.2, 0.25) is 0 Å². The highest BCUT2D eigenvalue weighted by atomic mass is 16.3. The smallest absolute Gasteiger partial charge is 0.203 e. The van der Waals surface area contributed by atoms with Gasteiger partial charge in [-0.3, -0.25) is 9.59 Å². The first-order valence-electron chi connectivity index (χ1n) is 6.70. The molecule has 3 heteroatoms. The number of carbonyl (C=O) groups is 1. The molecule has 0 bridgehead atoms. The van der Waals surface area contributed by atoms with Crippen molar-refractivity contribution in [2.24, 2.45) is 0 Å². The fourth-order valence-electron chi connectivity index (χ4n) is 2.26. The maximum atomic E-state index is 12.5. The Morgan fingerprint density at radius 2 is 1.62 bits per heavy atom. The molecule has 0 amide bonds. The number of carbonyl (C=O) groups excluding carboxylic acids is 1. The molecule has 0 spiro atoms. The maximum absolute atomic E-state index is 12.5. The molecule has 2 aromatic carbocycles. The van der Waals surface area contributed by atoms with Crippen molar-refractivity contribution in [3.63, 3.8) is 0 Å². The standard InChI is InChI=1S/C18H14O3/c1-11-3-6-13(7-4-11)17(19)15-10-21-16-8-5-12(2)9-14(16)18(15)20/h3-10H,1-2H3. The zero-order valence-corrected chi connectivity index (χ0v) is 11.8. The van der Waals surface area contributed by atoms with Crippen LogP contribution in [0.15, 0.2) is 57.9 Å². The number of aryl methyl sites for hydroxylation is 2. The van der Waals surface area contributed by atoms with Gasteiger partial charge in [0.2, 0.25) is 5.43 Å². The van der Waals surface area contributed by atoms with E-state index < -0.39 is 0 Å². The van der Waals surface area contributed by atoms with E-state index in [1.54, 1.807) is 24.3 Å². The second kappa shape index (κ2) is 5.02. The molecule has 0 fully saturated rings. The Morgan fingerprint density at radius 3 is 2.33 bits per heavy atom. The lowest BCUT2D eigenvalue weighted by molar-refractivity contribution is 0.103. The average Bonchev–Trinajstić information content (AvgIpc) is 2.48. The van der Waals surface area contributed by atoms with E-state index in [4.69, 9.17) is 4.42 Å². The van der Waals surface area contributed by atoms with Crippen LogP contribution in [-0.4, -0.2) is 5.78 Å². The Bertz CT molecular complexity index is 886. The van der Waals surface area contributed by atoms with Crippen molar-refractivity contribution < 1.29 is 9.21 Å². The summed E-state index contributed by atoms with van der Waals surface area (Å²) >= 11 is 0. The molecule has 3 aromatic rings. The quantitative estimate of drug-likeness (QED) is 0.672. The Kier molecular flexibility index (Phi) is 3.18. The predicted octanol–water partition coefficient (Wildman–Crippen LogP) is 3.64. The summed E-state index contributed by atoms with van der Waals surface area (Å²) in [6.45, 7) is 3.84. The molecule has 0 atom stereocenters. The monoisotopic (exact) mass is 278 g/mol. The fourth-order valence-corrected chi connectivity index (χ4v) is 2.26. The first-order valence-corrected chi connectivity index (χ1v) is 6.70. The molecule has 0 saturated carbocycles. The van der Waals surface area contributed by atoms with Gasteiger partial charge < -0.3 is 4.42 Å². The SMILES string of the molecule is Cc1ccc(C(=O)c2coc3ccc(C)cc3c2=O)cc1. The molecule has 104 valence electrons. The summed E-state index contributed by atoms with van der Waals surface area (Å²) in [5.41, 5.74) is 2.77. The number of ketones is 1. The average molecular weight is 278 g/mol. The Balaban J connectivity index is 2.16. The minimum atomic E-state index is -0.313. The third-order valence-corrected chi connectivity index (χ3v) is 3.49. The summed E-state index contributed by atoms with van der Waals surface area (Å²) in [6, 6.07) is 12.5. The van der Waals surface area contributed by atoms with E-state index in [0.29, 0.717) is 16.5 Å². The number of hydrogen-bond donors (Lipinski definition) is 0. The molecule has 0 aliphatic rings. The molecule has 1 heterocycles. The molecule has 0 N–H and O–H groups in total. The molecule has 0 unspecified atom stereocenters. The van der Waals surface area contributed by atoms with Gasteiger partial charge in [-0.15, -0.1) is 0 Å². The second-order valence-electron chi connectivity index (χ2n) is 5.17. The lowest BCUT2D eigenvalue weighted by Crippen LogP contribution is -2.15. The molecule has 0 aliphatic carbocycles.